The number of aryl methyl sites for hydroxylation is 1. The fourth-order valence-electron chi connectivity index (χ4n) is 2.21. The molecule has 0 amide bonds. The lowest BCUT2D eigenvalue weighted by Crippen LogP contribution is -2.29. The Morgan fingerprint density at radius 1 is 1.16 bits per heavy atom. The fourth-order valence-corrected chi connectivity index (χ4v) is 2.21. The van der Waals surface area contributed by atoms with Crippen molar-refractivity contribution in [1.82, 2.24) is 5.43 Å². The Morgan fingerprint density at radius 3 is 2.63 bits per heavy atom. The van der Waals surface area contributed by atoms with Gasteiger partial charge < -0.3 is 4.74 Å². The first-order chi connectivity index (χ1) is 9.22. The summed E-state index contributed by atoms with van der Waals surface area (Å²) in [5.74, 6) is 6.54. The summed E-state index contributed by atoms with van der Waals surface area (Å²) in [6.45, 7) is 2.10. The van der Waals surface area contributed by atoms with Crippen molar-refractivity contribution in [2.45, 2.75) is 19.4 Å². The zero-order chi connectivity index (χ0) is 13.7. The van der Waals surface area contributed by atoms with Gasteiger partial charge in [-0.05, 0) is 36.6 Å². The van der Waals surface area contributed by atoms with Crippen LogP contribution in [-0.4, -0.2) is 7.11 Å². The first kappa shape index (κ1) is 13.6. The van der Waals surface area contributed by atoms with Crippen LogP contribution in [0.2, 0.25) is 0 Å². The Balaban J connectivity index is 2.19. The van der Waals surface area contributed by atoms with Gasteiger partial charge in [-0.15, -0.1) is 0 Å². The normalized spacial score (nSPS) is 12.2. The van der Waals surface area contributed by atoms with E-state index in [0.29, 0.717) is 0 Å². The van der Waals surface area contributed by atoms with Crippen molar-refractivity contribution in [2.24, 2.45) is 5.84 Å². The number of nitrogens with one attached hydrogen (secondary N) is 1. The Kier molecular flexibility index (Phi) is 4.55. The van der Waals surface area contributed by atoms with Crippen LogP contribution in [0.4, 0.5) is 0 Å². The Hall–Kier alpha value is -1.84. The third kappa shape index (κ3) is 3.56. The highest BCUT2D eigenvalue weighted by atomic mass is 16.5. The summed E-state index contributed by atoms with van der Waals surface area (Å²) in [6.07, 6.45) is 0.853. The maximum atomic E-state index is 5.69. The summed E-state index contributed by atoms with van der Waals surface area (Å²) in [7, 11) is 1.67. The summed E-state index contributed by atoms with van der Waals surface area (Å²) in [5, 5.41) is 0. The average molecular weight is 256 g/mol. The highest BCUT2D eigenvalue weighted by Crippen LogP contribution is 2.22. The second-order valence-corrected chi connectivity index (χ2v) is 4.69. The van der Waals surface area contributed by atoms with Gasteiger partial charge in [-0.3, -0.25) is 11.3 Å². The molecule has 0 radical (unpaired) electrons. The molecule has 19 heavy (non-hydrogen) atoms. The minimum absolute atomic E-state index is 0.0805. The molecule has 3 nitrogen and oxygen atoms in total. The molecule has 2 aromatic rings. The maximum absolute atomic E-state index is 5.69. The second kappa shape index (κ2) is 6.36. The van der Waals surface area contributed by atoms with Crippen molar-refractivity contribution in [2.75, 3.05) is 7.11 Å². The Morgan fingerprint density at radius 2 is 1.95 bits per heavy atom. The summed E-state index contributed by atoms with van der Waals surface area (Å²) < 4.78 is 5.25. The molecule has 1 unspecified atom stereocenters. The van der Waals surface area contributed by atoms with Gasteiger partial charge in [0.2, 0.25) is 0 Å². The topological polar surface area (TPSA) is 47.3 Å². The lowest BCUT2D eigenvalue weighted by molar-refractivity contribution is 0.413. The van der Waals surface area contributed by atoms with Crippen molar-refractivity contribution in [3.05, 3.63) is 65.2 Å². The molecule has 0 aliphatic rings. The predicted octanol–water partition coefficient (Wildman–Crippen LogP) is 2.75. The molecule has 3 N–H and O–H groups in total. The van der Waals surface area contributed by atoms with Gasteiger partial charge in [-0.2, -0.15) is 0 Å². The van der Waals surface area contributed by atoms with E-state index in [1.54, 1.807) is 7.11 Å². The fraction of sp³-hybridized carbons (Fsp3) is 0.250. The number of nitrogens with two attached hydrogens (primary N) is 1. The Labute approximate surface area is 114 Å². The van der Waals surface area contributed by atoms with Gasteiger partial charge in [0.05, 0.1) is 13.2 Å². The van der Waals surface area contributed by atoms with Crippen LogP contribution in [0.3, 0.4) is 0 Å². The van der Waals surface area contributed by atoms with Gasteiger partial charge in [0, 0.05) is 0 Å². The molecular weight excluding hydrogens is 236 g/mol. The van der Waals surface area contributed by atoms with Crippen molar-refractivity contribution in [3.63, 3.8) is 0 Å². The largest absolute Gasteiger partial charge is 0.497 e. The monoisotopic (exact) mass is 256 g/mol. The number of benzene rings is 2. The van der Waals surface area contributed by atoms with Crippen LogP contribution in [0.5, 0.6) is 5.75 Å². The molecule has 0 saturated carbocycles. The van der Waals surface area contributed by atoms with E-state index in [1.165, 1.54) is 11.1 Å². The van der Waals surface area contributed by atoms with Gasteiger partial charge in [-0.25, -0.2) is 0 Å². The zero-order valence-corrected chi connectivity index (χ0v) is 11.4. The number of methoxy groups -OCH3 is 1. The van der Waals surface area contributed by atoms with E-state index >= 15 is 0 Å². The lowest BCUT2D eigenvalue weighted by atomic mass is 9.98. The van der Waals surface area contributed by atoms with Gasteiger partial charge in [0.25, 0.3) is 0 Å². The smallest absolute Gasteiger partial charge is 0.119 e. The summed E-state index contributed by atoms with van der Waals surface area (Å²) >= 11 is 0. The molecule has 100 valence electrons. The van der Waals surface area contributed by atoms with E-state index in [2.05, 4.69) is 42.7 Å². The van der Waals surface area contributed by atoms with Gasteiger partial charge >= 0.3 is 0 Å². The first-order valence-corrected chi connectivity index (χ1v) is 6.38. The van der Waals surface area contributed by atoms with Gasteiger partial charge in [0.1, 0.15) is 5.75 Å². The van der Waals surface area contributed by atoms with Crippen molar-refractivity contribution >= 4 is 0 Å². The number of rotatable bonds is 5. The van der Waals surface area contributed by atoms with E-state index in [1.807, 2.05) is 18.2 Å². The molecule has 0 aliphatic carbocycles. The predicted molar refractivity (Wildman–Crippen MR) is 77.9 cm³/mol. The summed E-state index contributed by atoms with van der Waals surface area (Å²) in [4.78, 5) is 0. The van der Waals surface area contributed by atoms with Gasteiger partial charge in [-0.1, -0.05) is 42.0 Å². The molecule has 0 aliphatic heterocycles. The number of hydrazine groups is 1. The van der Waals surface area contributed by atoms with Crippen LogP contribution in [0, 0.1) is 6.92 Å². The van der Waals surface area contributed by atoms with E-state index < -0.39 is 0 Å². The molecule has 2 rings (SSSR count). The molecule has 0 saturated heterocycles. The average Bonchev–Trinajstić information content (AvgIpc) is 2.45. The van der Waals surface area contributed by atoms with E-state index in [-0.39, 0.29) is 6.04 Å². The molecule has 0 bridgehead atoms. The second-order valence-electron chi connectivity index (χ2n) is 4.69. The van der Waals surface area contributed by atoms with Crippen LogP contribution >= 0.6 is 0 Å². The molecule has 0 spiro atoms. The van der Waals surface area contributed by atoms with Crippen LogP contribution in [-0.2, 0) is 6.42 Å². The molecule has 0 fully saturated rings. The molecule has 3 heteroatoms. The lowest BCUT2D eigenvalue weighted by Gasteiger charge is -2.17. The summed E-state index contributed by atoms with van der Waals surface area (Å²) in [5.41, 5.74) is 6.54. The first-order valence-electron chi connectivity index (χ1n) is 6.38. The minimum Gasteiger partial charge on any atom is -0.497 e. The Bertz CT molecular complexity index is 540. The maximum Gasteiger partial charge on any atom is 0.119 e. The van der Waals surface area contributed by atoms with Crippen LogP contribution in [0.1, 0.15) is 22.7 Å². The number of hydrogen-bond acceptors (Lipinski definition) is 3. The van der Waals surface area contributed by atoms with Crippen molar-refractivity contribution in [3.8, 4) is 5.75 Å². The minimum atomic E-state index is 0.0805. The summed E-state index contributed by atoms with van der Waals surface area (Å²) in [6, 6.07) is 16.5. The molecule has 2 aromatic carbocycles. The third-order valence-corrected chi connectivity index (χ3v) is 3.22. The molecule has 1 atom stereocenters. The van der Waals surface area contributed by atoms with E-state index in [9.17, 15) is 0 Å². The van der Waals surface area contributed by atoms with Crippen molar-refractivity contribution in [1.29, 1.82) is 0 Å². The highest BCUT2D eigenvalue weighted by Gasteiger charge is 2.11. The molecule has 0 aromatic heterocycles. The molecular formula is C16H20N2O. The van der Waals surface area contributed by atoms with Crippen LogP contribution in [0.25, 0.3) is 0 Å². The van der Waals surface area contributed by atoms with E-state index in [4.69, 9.17) is 10.6 Å². The van der Waals surface area contributed by atoms with Gasteiger partial charge in [0.15, 0.2) is 0 Å². The van der Waals surface area contributed by atoms with Crippen LogP contribution < -0.4 is 16.0 Å². The highest BCUT2D eigenvalue weighted by molar-refractivity contribution is 5.32. The third-order valence-electron chi connectivity index (χ3n) is 3.22. The quantitative estimate of drug-likeness (QED) is 0.639. The standard InChI is InChI=1S/C16H20N2O/c1-12-5-3-6-13(9-12)10-16(18-17)14-7-4-8-15(11-14)19-2/h3-9,11,16,18H,10,17H2,1-2H3. The molecule has 0 heterocycles. The number of ether oxygens (including phenoxy) is 1. The van der Waals surface area contributed by atoms with Crippen molar-refractivity contribution < 1.29 is 4.74 Å². The number of hydrogen-bond donors (Lipinski definition) is 2. The SMILES string of the molecule is COc1cccc(C(Cc2cccc(C)c2)NN)c1. The van der Waals surface area contributed by atoms with Crippen LogP contribution in [0.15, 0.2) is 48.5 Å². The zero-order valence-electron chi connectivity index (χ0n) is 11.4. The van der Waals surface area contributed by atoms with E-state index in [0.717, 1.165) is 17.7 Å².